The van der Waals surface area contributed by atoms with Crippen LogP contribution in [0.1, 0.15) is 16.1 Å². The fourth-order valence-electron chi connectivity index (χ4n) is 3.16. The number of carbonyl (C=O) groups excluding carboxylic acids is 2. The van der Waals surface area contributed by atoms with Crippen molar-refractivity contribution in [2.45, 2.75) is 6.42 Å². The predicted octanol–water partition coefficient (Wildman–Crippen LogP) is 3.72. The number of furan rings is 1. The van der Waals surface area contributed by atoms with Crippen LogP contribution < -0.4 is 0 Å². The topological polar surface area (TPSA) is 66.7 Å². The molecular formula is C20H17ClFN3O3S. The van der Waals surface area contributed by atoms with Crippen molar-refractivity contribution in [1.82, 2.24) is 14.8 Å². The van der Waals surface area contributed by atoms with E-state index in [4.69, 9.17) is 16.0 Å². The highest BCUT2D eigenvalue weighted by molar-refractivity contribution is 7.13. The molecule has 1 aromatic carbocycles. The molecule has 4 rings (SSSR count). The van der Waals surface area contributed by atoms with Crippen LogP contribution in [0.15, 0.2) is 46.4 Å². The van der Waals surface area contributed by atoms with E-state index in [1.807, 2.05) is 11.4 Å². The molecule has 6 nitrogen and oxygen atoms in total. The molecule has 1 aliphatic heterocycles. The molecule has 150 valence electrons. The van der Waals surface area contributed by atoms with Gasteiger partial charge in [0.2, 0.25) is 5.91 Å². The van der Waals surface area contributed by atoms with Crippen LogP contribution in [0.4, 0.5) is 4.39 Å². The van der Waals surface area contributed by atoms with Gasteiger partial charge in [0.15, 0.2) is 10.8 Å². The van der Waals surface area contributed by atoms with Crippen LogP contribution in [-0.4, -0.2) is 52.8 Å². The zero-order valence-corrected chi connectivity index (χ0v) is 16.9. The van der Waals surface area contributed by atoms with Gasteiger partial charge in [0.1, 0.15) is 5.82 Å². The Morgan fingerprint density at radius 3 is 2.62 bits per heavy atom. The second-order valence-electron chi connectivity index (χ2n) is 6.60. The molecule has 1 fully saturated rings. The lowest BCUT2D eigenvalue weighted by atomic mass is 10.1. The Labute approximate surface area is 175 Å². The van der Waals surface area contributed by atoms with E-state index in [0.717, 1.165) is 11.1 Å². The number of benzene rings is 1. The molecule has 1 aliphatic rings. The highest BCUT2D eigenvalue weighted by Crippen LogP contribution is 2.24. The second-order valence-corrected chi connectivity index (χ2v) is 7.86. The standard InChI is InChI=1S/C20H17ClFN3O3S/c21-16-10-13(22)3-4-15(16)20(27)25-7-5-24(6-8-25)18(26)11-14-12-29-19(23-14)17-2-1-9-28-17/h1-4,9-10,12H,5-8,11H2. The zero-order chi connectivity index (χ0) is 20.4. The number of piperazine rings is 1. The molecule has 0 N–H and O–H groups in total. The number of carbonyl (C=O) groups is 2. The van der Waals surface area contributed by atoms with Crippen LogP contribution in [0.3, 0.4) is 0 Å². The van der Waals surface area contributed by atoms with Gasteiger partial charge in [-0.05, 0) is 30.3 Å². The van der Waals surface area contributed by atoms with Crippen LogP contribution in [-0.2, 0) is 11.2 Å². The summed E-state index contributed by atoms with van der Waals surface area (Å²) < 4.78 is 18.5. The van der Waals surface area contributed by atoms with E-state index in [2.05, 4.69) is 4.98 Å². The van der Waals surface area contributed by atoms with Gasteiger partial charge in [-0.15, -0.1) is 11.3 Å². The first-order valence-electron chi connectivity index (χ1n) is 9.01. The van der Waals surface area contributed by atoms with Crippen molar-refractivity contribution in [3.63, 3.8) is 0 Å². The monoisotopic (exact) mass is 433 g/mol. The van der Waals surface area contributed by atoms with E-state index in [0.29, 0.717) is 37.6 Å². The van der Waals surface area contributed by atoms with Crippen LogP contribution in [0.25, 0.3) is 10.8 Å². The maximum atomic E-state index is 13.2. The lowest BCUT2D eigenvalue weighted by molar-refractivity contribution is -0.132. The smallest absolute Gasteiger partial charge is 0.255 e. The van der Waals surface area contributed by atoms with Gasteiger partial charge < -0.3 is 14.2 Å². The third kappa shape index (κ3) is 4.33. The highest BCUT2D eigenvalue weighted by atomic mass is 35.5. The lowest BCUT2D eigenvalue weighted by Crippen LogP contribution is -2.51. The Morgan fingerprint density at radius 1 is 1.17 bits per heavy atom. The number of aromatic nitrogens is 1. The van der Waals surface area contributed by atoms with Crippen molar-refractivity contribution in [2.75, 3.05) is 26.2 Å². The average molecular weight is 434 g/mol. The molecule has 0 bridgehead atoms. The normalized spacial score (nSPS) is 14.3. The minimum absolute atomic E-state index is 0.0341. The van der Waals surface area contributed by atoms with Gasteiger partial charge in [0.05, 0.1) is 29.0 Å². The van der Waals surface area contributed by atoms with E-state index >= 15 is 0 Å². The summed E-state index contributed by atoms with van der Waals surface area (Å²) in [6.45, 7) is 1.65. The van der Waals surface area contributed by atoms with Crippen molar-refractivity contribution < 1.29 is 18.4 Å². The predicted molar refractivity (Wildman–Crippen MR) is 107 cm³/mol. The zero-order valence-electron chi connectivity index (χ0n) is 15.3. The van der Waals surface area contributed by atoms with Crippen molar-refractivity contribution in [1.29, 1.82) is 0 Å². The van der Waals surface area contributed by atoms with Crippen LogP contribution in [0.2, 0.25) is 5.02 Å². The first kappa shape index (κ1) is 19.6. The van der Waals surface area contributed by atoms with Gasteiger partial charge in [-0.1, -0.05) is 11.6 Å². The van der Waals surface area contributed by atoms with Gasteiger partial charge >= 0.3 is 0 Å². The van der Waals surface area contributed by atoms with Crippen LogP contribution in [0, 0.1) is 5.82 Å². The number of halogens is 2. The summed E-state index contributed by atoms with van der Waals surface area (Å²) >= 11 is 7.42. The first-order valence-corrected chi connectivity index (χ1v) is 10.3. The molecule has 2 aromatic heterocycles. The molecule has 0 atom stereocenters. The van der Waals surface area contributed by atoms with E-state index in [-0.39, 0.29) is 28.8 Å². The van der Waals surface area contributed by atoms with Crippen molar-refractivity contribution in [3.8, 4) is 10.8 Å². The Bertz CT molecular complexity index is 1030. The molecule has 0 unspecified atom stereocenters. The number of rotatable bonds is 4. The third-order valence-electron chi connectivity index (χ3n) is 4.70. The summed E-state index contributed by atoms with van der Waals surface area (Å²) in [5, 5.41) is 2.68. The molecule has 0 aliphatic carbocycles. The minimum atomic E-state index is -0.487. The first-order chi connectivity index (χ1) is 14.0. The molecule has 9 heteroatoms. The lowest BCUT2D eigenvalue weighted by Gasteiger charge is -2.35. The fourth-order valence-corrected chi connectivity index (χ4v) is 4.19. The third-order valence-corrected chi connectivity index (χ3v) is 5.92. The maximum absolute atomic E-state index is 13.2. The van der Waals surface area contributed by atoms with Gasteiger partial charge in [-0.25, -0.2) is 9.37 Å². The SMILES string of the molecule is O=C(Cc1csc(-c2ccco2)n1)N1CCN(C(=O)c2ccc(F)cc2Cl)CC1. The number of amides is 2. The summed E-state index contributed by atoms with van der Waals surface area (Å²) in [5.41, 5.74) is 0.962. The van der Waals surface area contributed by atoms with E-state index < -0.39 is 5.82 Å². The van der Waals surface area contributed by atoms with Crippen molar-refractivity contribution >= 4 is 34.8 Å². The molecule has 3 heterocycles. The molecule has 3 aromatic rings. The summed E-state index contributed by atoms with van der Waals surface area (Å²) in [6, 6.07) is 7.34. The summed E-state index contributed by atoms with van der Waals surface area (Å²) in [7, 11) is 0. The molecule has 2 amide bonds. The summed E-state index contributed by atoms with van der Waals surface area (Å²) in [6.07, 6.45) is 1.79. The molecule has 29 heavy (non-hydrogen) atoms. The van der Waals surface area contributed by atoms with Gasteiger partial charge in [-0.3, -0.25) is 9.59 Å². The van der Waals surface area contributed by atoms with Crippen LogP contribution >= 0.6 is 22.9 Å². The quantitative estimate of drug-likeness (QED) is 0.629. The summed E-state index contributed by atoms with van der Waals surface area (Å²) in [5.74, 6) is -0.0996. The summed E-state index contributed by atoms with van der Waals surface area (Å²) in [4.78, 5) is 33.0. The van der Waals surface area contributed by atoms with Crippen molar-refractivity contribution in [2.24, 2.45) is 0 Å². The fraction of sp³-hybridized carbons (Fsp3) is 0.250. The number of thiazole rings is 1. The van der Waals surface area contributed by atoms with Gasteiger partial charge in [0, 0.05) is 31.6 Å². The Kier molecular flexibility index (Phi) is 5.64. The average Bonchev–Trinajstić information content (AvgIpc) is 3.39. The van der Waals surface area contributed by atoms with E-state index in [1.54, 1.807) is 22.1 Å². The van der Waals surface area contributed by atoms with Gasteiger partial charge in [-0.2, -0.15) is 0 Å². The highest BCUT2D eigenvalue weighted by Gasteiger charge is 2.26. The minimum Gasteiger partial charge on any atom is -0.462 e. The molecule has 0 saturated carbocycles. The Balaban J connectivity index is 1.33. The van der Waals surface area contributed by atoms with Crippen LogP contribution in [0.5, 0.6) is 0 Å². The second kappa shape index (κ2) is 8.34. The number of hydrogen-bond acceptors (Lipinski definition) is 5. The van der Waals surface area contributed by atoms with Crippen molar-refractivity contribution in [3.05, 3.63) is 64.1 Å². The van der Waals surface area contributed by atoms with E-state index in [9.17, 15) is 14.0 Å². The Morgan fingerprint density at radius 2 is 1.93 bits per heavy atom. The number of nitrogens with zero attached hydrogens (tertiary/aromatic N) is 3. The Hall–Kier alpha value is -2.71. The largest absolute Gasteiger partial charge is 0.462 e. The molecule has 1 saturated heterocycles. The molecular weight excluding hydrogens is 417 g/mol. The number of hydrogen-bond donors (Lipinski definition) is 0. The molecule has 0 radical (unpaired) electrons. The van der Waals surface area contributed by atoms with E-state index in [1.165, 1.54) is 23.5 Å². The maximum Gasteiger partial charge on any atom is 0.255 e. The van der Waals surface area contributed by atoms with Gasteiger partial charge in [0.25, 0.3) is 5.91 Å². The molecule has 0 spiro atoms.